The number of carbonyl (C=O) groups is 3. The Kier molecular flexibility index (Phi) is 6.20. The van der Waals surface area contributed by atoms with Gasteiger partial charge in [-0.1, -0.05) is 12.4 Å². The zero-order chi connectivity index (χ0) is 22.1. The van der Waals surface area contributed by atoms with E-state index in [4.69, 9.17) is 20.9 Å². The Morgan fingerprint density at radius 3 is 2.63 bits per heavy atom. The summed E-state index contributed by atoms with van der Waals surface area (Å²) in [5, 5.41) is 29.1. The largest absolute Gasteiger partial charge is 0.669 e. The van der Waals surface area contributed by atoms with Crippen molar-refractivity contribution < 1.29 is 38.9 Å². The van der Waals surface area contributed by atoms with Gasteiger partial charge in [-0.3, -0.25) is 9.59 Å². The highest BCUT2D eigenvalue weighted by Crippen LogP contribution is 2.39. The van der Waals surface area contributed by atoms with E-state index in [9.17, 15) is 29.5 Å². The number of amides is 2. The van der Waals surface area contributed by atoms with E-state index in [1.165, 1.54) is 11.0 Å². The summed E-state index contributed by atoms with van der Waals surface area (Å²) >= 11 is 0. The third-order valence-corrected chi connectivity index (χ3v) is 5.20. The average molecular weight is 422 g/mol. The fraction of sp³-hybridized carbons (Fsp3) is 0.500. The maximum absolute atomic E-state index is 12.2. The van der Waals surface area contributed by atoms with Crippen molar-refractivity contribution in [1.82, 2.24) is 4.90 Å². The van der Waals surface area contributed by atoms with Crippen LogP contribution < -0.4 is 20.9 Å². The SMILES string of the molecule is NC(=O)CC[C@H](N)CC(=O)N1CC(Oc2ccc3c(c2C(=O)O)O[B-](O)(O)CC3)C1. The van der Waals surface area contributed by atoms with Gasteiger partial charge in [-0.15, -0.1) is 0 Å². The van der Waals surface area contributed by atoms with Gasteiger partial charge in [0.15, 0.2) is 0 Å². The van der Waals surface area contributed by atoms with E-state index in [-0.39, 0.29) is 61.6 Å². The smallest absolute Gasteiger partial charge is 0.430 e. The van der Waals surface area contributed by atoms with Gasteiger partial charge in [0.25, 0.3) is 0 Å². The zero-order valence-electron chi connectivity index (χ0n) is 16.3. The Morgan fingerprint density at radius 1 is 1.30 bits per heavy atom. The van der Waals surface area contributed by atoms with Crippen molar-refractivity contribution in [3.63, 3.8) is 0 Å². The Morgan fingerprint density at radius 2 is 2.00 bits per heavy atom. The van der Waals surface area contributed by atoms with Crippen LogP contribution in [0.1, 0.15) is 35.2 Å². The molecule has 164 valence electrons. The second-order valence-corrected chi connectivity index (χ2v) is 7.75. The Balaban J connectivity index is 1.60. The van der Waals surface area contributed by atoms with Gasteiger partial charge in [0.1, 0.15) is 17.4 Å². The van der Waals surface area contributed by atoms with Crippen LogP contribution in [0.5, 0.6) is 11.5 Å². The molecule has 2 aliphatic rings. The maximum atomic E-state index is 12.2. The molecule has 0 bridgehead atoms. The first-order valence-electron chi connectivity index (χ1n) is 9.72. The molecule has 12 heteroatoms. The summed E-state index contributed by atoms with van der Waals surface area (Å²) < 4.78 is 10.9. The Hall–Kier alpha value is -2.83. The molecule has 3 rings (SSSR count). The standard InChI is InChI=1S/C18H25BN3O8/c20-11(2-4-14(21)23)7-15(24)22-8-12(9-22)29-13-3-1-10-5-6-19(27,28)30-17(10)16(13)18(25)26/h1,3,11-12,27-28H,2,4-9,20H2,(H2,21,23)(H,25,26)/q-1/t11-/m0/s1. The lowest BCUT2D eigenvalue weighted by atomic mass is 9.70. The van der Waals surface area contributed by atoms with E-state index >= 15 is 0 Å². The van der Waals surface area contributed by atoms with E-state index in [1.54, 1.807) is 6.07 Å². The van der Waals surface area contributed by atoms with Crippen molar-refractivity contribution in [2.45, 2.75) is 44.1 Å². The summed E-state index contributed by atoms with van der Waals surface area (Å²) in [7, 11) is 0. The molecule has 11 nitrogen and oxygen atoms in total. The number of carbonyl (C=O) groups excluding carboxylic acids is 2. The van der Waals surface area contributed by atoms with Crippen molar-refractivity contribution >= 4 is 24.5 Å². The second kappa shape index (κ2) is 8.50. The molecule has 2 amide bonds. The van der Waals surface area contributed by atoms with Crippen molar-refractivity contribution in [2.75, 3.05) is 13.1 Å². The molecule has 0 saturated carbocycles. The van der Waals surface area contributed by atoms with Crippen LogP contribution in [0.3, 0.4) is 0 Å². The van der Waals surface area contributed by atoms with Gasteiger partial charge in [0.05, 0.1) is 18.8 Å². The van der Waals surface area contributed by atoms with Crippen LogP contribution in [0.2, 0.25) is 6.32 Å². The van der Waals surface area contributed by atoms with Gasteiger partial charge < -0.3 is 40.9 Å². The fourth-order valence-electron chi connectivity index (χ4n) is 3.51. The van der Waals surface area contributed by atoms with Crippen LogP contribution in [-0.2, 0) is 16.0 Å². The summed E-state index contributed by atoms with van der Waals surface area (Å²) in [5.41, 5.74) is 11.2. The molecule has 1 aromatic carbocycles. The van der Waals surface area contributed by atoms with E-state index in [2.05, 4.69) is 0 Å². The van der Waals surface area contributed by atoms with Crippen LogP contribution in [-0.4, -0.2) is 69.8 Å². The van der Waals surface area contributed by atoms with E-state index in [0.29, 0.717) is 12.0 Å². The minimum absolute atomic E-state index is 0.0203. The van der Waals surface area contributed by atoms with Crippen molar-refractivity contribution in [3.05, 3.63) is 23.3 Å². The lowest BCUT2D eigenvalue weighted by Gasteiger charge is -2.40. The average Bonchev–Trinajstić information content (AvgIpc) is 2.60. The highest BCUT2D eigenvalue weighted by Gasteiger charge is 2.36. The Labute approximate surface area is 172 Å². The van der Waals surface area contributed by atoms with Gasteiger partial charge in [-0.2, -0.15) is 0 Å². The van der Waals surface area contributed by atoms with E-state index in [0.717, 1.165) is 0 Å². The molecule has 2 aliphatic heterocycles. The quantitative estimate of drug-likeness (QED) is 0.321. The third-order valence-electron chi connectivity index (χ3n) is 5.20. The summed E-state index contributed by atoms with van der Waals surface area (Å²) in [6, 6.07) is 2.66. The molecule has 0 aromatic heterocycles. The molecular formula is C18H25BN3O8-. The van der Waals surface area contributed by atoms with Crippen molar-refractivity contribution in [3.8, 4) is 11.5 Å². The molecule has 1 fully saturated rings. The monoisotopic (exact) mass is 422 g/mol. The molecule has 1 atom stereocenters. The molecule has 30 heavy (non-hydrogen) atoms. The first-order chi connectivity index (χ1) is 14.1. The van der Waals surface area contributed by atoms with Gasteiger partial charge in [-0.25, -0.2) is 4.79 Å². The first-order valence-corrected chi connectivity index (χ1v) is 9.72. The number of carboxylic acid groups (broad SMARTS) is 1. The number of nitrogens with two attached hydrogens (primary N) is 2. The predicted octanol–water partition coefficient (Wildman–Crippen LogP) is -1.18. The van der Waals surface area contributed by atoms with Gasteiger partial charge in [0.2, 0.25) is 11.8 Å². The van der Waals surface area contributed by atoms with Crippen molar-refractivity contribution in [2.24, 2.45) is 11.5 Å². The molecule has 0 unspecified atom stereocenters. The highest BCUT2D eigenvalue weighted by atomic mass is 16.6. The molecule has 1 saturated heterocycles. The number of fused-ring (bicyclic) bond motifs is 1. The van der Waals surface area contributed by atoms with Crippen LogP contribution in [0, 0.1) is 0 Å². The fourth-order valence-corrected chi connectivity index (χ4v) is 3.51. The lowest BCUT2D eigenvalue weighted by molar-refractivity contribution is -0.140. The minimum Gasteiger partial charge on any atom is -0.669 e. The number of hydrogen-bond donors (Lipinski definition) is 5. The van der Waals surface area contributed by atoms with Crippen LogP contribution in [0.4, 0.5) is 0 Å². The predicted molar refractivity (Wildman–Crippen MR) is 105 cm³/mol. The molecule has 7 N–H and O–H groups in total. The topological polar surface area (TPSA) is 186 Å². The number of carboxylic acids is 1. The number of primary amides is 1. The summed E-state index contributed by atoms with van der Waals surface area (Å²) in [6.45, 7) is -2.61. The second-order valence-electron chi connectivity index (χ2n) is 7.75. The minimum atomic E-state index is -3.12. The molecule has 1 aromatic rings. The first kappa shape index (κ1) is 21.9. The molecule has 0 spiro atoms. The maximum Gasteiger partial charge on any atom is 0.430 e. The number of hydrogen-bond acceptors (Lipinski definition) is 8. The summed E-state index contributed by atoms with van der Waals surface area (Å²) in [6.07, 6.45) is 0.338. The third kappa shape index (κ3) is 5.01. The highest BCUT2D eigenvalue weighted by molar-refractivity contribution is 6.59. The van der Waals surface area contributed by atoms with Gasteiger partial charge in [-0.05, 0) is 24.5 Å². The molecule has 2 heterocycles. The number of ether oxygens (including phenoxy) is 1. The van der Waals surface area contributed by atoms with E-state index in [1.807, 2.05) is 0 Å². The van der Waals surface area contributed by atoms with Crippen LogP contribution >= 0.6 is 0 Å². The number of aryl methyl sites for hydroxylation is 1. The zero-order valence-corrected chi connectivity index (χ0v) is 16.3. The van der Waals surface area contributed by atoms with Gasteiger partial charge >= 0.3 is 12.7 Å². The molecule has 0 radical (unpaired) electrons. The number of nitrogens with zero attached hydrogens (tertiary/aromatic N) is 1. The van der Waals surface area contributed by atoms with Gasteiger partial charge in [0, 0.05) is 18.9 Å². The van der Waals surface area contributed by atoms with Crippen LogP contribution in [0.25, 0.3) is 0 Å². The molecule has 0 aliphatic carbocycles. The lowest BCUT2D eigenvalue weighted by Crippen LogP contribution is -2.57. The van der Waals surface area contributed by atoms with Crippen molar-refractivity contribution in [1.29, 1.82) is 0 Å². The summed E-state index contributed by atoms with van der Waals surface area (Å²) in [5.74, 6) is -2.05. The number of aromatic carboxylic acids is 1. The number of likely N-dealkylation sites (tertiary alicyclic amines) is 1. The van der Waals surface area contributed by atoms with E-state index < -0.39 is 30.8 Å². The summed E-state index contributed by atoms with van der Waals surface area (Å²) in [4.78, 5) is 36.3. The Bertz CT molecular complexity index is 856. The van der Waals surface area contributed by atoms with Crippen LogP contribution in [0.15, 0.2) is 12.1 Å². The number of benzene rings is 1. The normalized spacial score (nSPS) is 18.6. The number of rotatable bonds is 8. The molecular weight excluding hydrogens is 397 g/mol.